The van der Waals surface area contributed by atoms with Gasteiger partial charge in [-0.05, 0) is 62.9 Å². The molecule has 0 spiro atoms. The summed E-state index contributed by atoms with van der Waals surface area (Å²) < 4.78 is 0. The Morgan fingerprint density at radius 3 is 2.67 bits per heavy atom. The first-order valence-corrected chi connectivity index (χ1v) is 8.79. The summed E-state index contributed by atoms with van der Waals surface area (Å²) in [6.07, 6.45) is 6.59. The van der Waals surface area contributed by atoms with Crippen LogP contribution in [0.2, 0.25) is 10.0 Å². The molecule has 2 aliphatic rings. The minimum atomic E-state index is 0.438. The first-order valence-electron chi connectivity index (χ1n) is 8.03. The predicted octanol–water partition coefficient (Wildman–Crippen LogP) is 4.52. The molecule has 116 valence electrons. The first kappa shape index (κ1) is 15.6. The van der Waals surface area contributed by atoms with Crippen LogP contribution in [0.15, 0.2) is 18.2 Å². The molecule has 2 nitrogen and oxygen atoms in total. The number of halogens is 2. The zero-order chi connectivity index (χ0) is 14.8. The monoisotopic (exact) mass is 326 g/mol. The summed E-state index contributed by atoms with van der Waals surface area (Å²) in [6, 6.07) is 7.34. The van der Waals surface area contributed by atoms with Crippen molar-refractivity contribution in [3.05, 3.63) is 33.8 Å². The highest BCUT2D eigenvalue weighted by Crippen LogP contribution is 2.36. The zero-order valence-corrected chi connectivity index (χ0v) is 14.1. The van der Waals surface area contributed by atoms with E-state index in [1.54, 1.807) is 0 Å². The van der Waals surface area contributed by atoms with Gasteiger partial charge in [-0.15, -0.1) is 0 Å². The fraction of sp³-hybridized carbons (Fsp3) is 0.647. The van der Waals surface area contributed by atoms with Crippen molar-refractivity contribution in [2.24, 2.45) is 5.92 Å². The largest absolute Gasteiger partial charge is 0.314 e. The van der Waals surface area contributed by atoms with E-state index < -0.39 is 0 Å². The van der Waals surface area contributed by atoms with Gasteiger partial charge in [-0.1, -0.05) is 35.7 Å². The van der Waals surface area contributed by atoms with Crippen LogP contribution >= 0.6 is 23.2 Å². The number of hydrogen-bond donors (Lipinski definition) is 1. The van der Waals surface area contributed by atoms with Crippen molar-refractivity contribution < 1.29 is 0 Å². The van der Waals surface area contributed by atoms with Gasteiger partial charge in [-0.25, -0.2) is 0 Å². The third kappa shape index (κ3) is 3.92. The van der Waals surface area contributed by atoms with Crippen molar-refractivity contribution in [1.29, 1.82) is 0 Å². The van der Waals surface area contributed by atoms with E-state index in [4.69, 9.17) is 23.2 Å². The van der Waals surface area contributed by atoms with Crippen LogP contribution in [0.25, 0.3) is 0 Å². The van der Waals surface area contributed by atoms with Gasteiger partial charge < -0.3 is 5.32 Å². The van der Waals surface area contributed by atoms with Gasteiger partial charge in [0, 0.05) is 18.6 Å². The van der Waals surface area contributed by atoms with Gasteiger partial charge >= 0.3 is 0 Å². The molecular weight excluding hydrogens is 303 g/mol. The van der Waals surface area contributed by atoms with Crippen molar-refractivity contribution in [2.75, 3.05) is 20.1 Å². The topological polar surface area (TPSA) is 15.3 Å². The Bertz CT molecular complexity index is 488. The lowest BCUT2D eigenvalue weighted by Gasteiger charge is -2.33. The predicted molar refractivity (Wildman–Crippen MR) is 90.2 cm³/mol. The molecule has 1 aliphatic carbocycles. The number of nitrogens with one attached hydrogen (secondary N) is 1. The van der Waals surface area contributed by atoms with Crippen LogP contribution in [-0.4, -0.2) is 31.1 Å². The smallest absolute Gasteiger partial charge is 0.0595 e. The van der Waals surface area contributed by atoms with Gasteiger partial charge in [0.25, 0.3) is 0 Å². The molecule has 1 N–H and O–H groups in total. The van der Waals surface area contributed by atoms with E-state index in [9.17, 15) is 0 Å². The van der Waals surface area contributed by atoms with Gasteiger partial charge in [0.1, 0.15) is 0 Å². The fourth-order valence-corrected chi connectivity index (χ4v) is 3.77. The summed E-state index contributed by atoms with van der Waals surface area (Å²) in [4.78, 5) is 2.49. The third-order valence-electron chi connectivity index (χ3n) is 4.79. The van der Waals surface area contributed by atoms with Crippen LogP contribution in [0.5, 0.6) is 0 Å². The molecule has 1 saturated carbocycles. The SMILES string of the molecule is CN1CCCCC(CNC2CC2)C1c1ccc(Cl)c(Cl)c1. The summed E-state index contributed by atoms with van der Waals surface area (Å²) in [5, 5.41) is 5.02. The Hall–Kier alpha value is -0.280. The van der Waals surface area contributed by atoms with Gasteiger partial charge in [0.15, 0.2) is 0 Å². The molecule has 1 aromatic rings. The average molecular weight is 327 g/mol. The van der Waals surface area contributed by atoms with Crippen molar-refractivity contribution in [2.45, 2.75) is 44.2 Å². The maximum Gasteiger partial charge on any atom is 0.0595 e. The molecule has 2 fully saturated rings. The molecule has 1 saturated heterocycles. The van der Waals surface area contributed by atoms with Crippen LogP contribution in [-0.2, 0) is 0 Å². The maximum absolute atomic E-state index is 6.24. The average Bonchev–Trinajstić information content (AvgIpc) is 3.28. The number of nitrogens with zero attached hydrogens (tertiary/aromatic N) is 1. The molecule has 2 unspecified atom stereocenters. The number of rotatable bonds is 4. The van der Waals surface area contributed by atoms with E-state index in [-0.39, 0.29) is 0 Å². The van der Waals surface area contributed by atoms with E-state index in [0.717, 1.165) is 19.1 Å². The summed E-state index contributed by atoms with van der Waals surface area (Å²) >= 11 is 12.3. The van der Waals surface area contributed by atoms with Crippen molar-refractivity contribution >= 4 is 23.2 Å². The molecule has 1 heterocycles. The maximum atomic E-state index is 6.24. The van der Waals surface area contributed by atoms with Crippen molar-refractivity contribution in [3.63, 3.8) is 0 Å². The van der Waals surface area contributed by atoms with Crippen LogP contribution in [0, 0.1) is 5.92 Å². The molecular formula is C17H24Cl2N2. The highest BCUT2D eigenvalue weighted by Gasteiger charge is 2.31. The molecule has 4 heteroatoms. The van der Waals surface area contributed by atoms with Crippen LogP contribution in [0.4, 0.5) is 0 Å². The molecule has 21 heavy (non-hydrogen) atoms. The number of likely N-dealkylation sites (tertiary alicyclic amines) is 1. The fourth-order valence-electron chi connectivity index (χ4n) is 3.47. The van der Waals surface area contributed by atoms with Gasteiger partial charge in [-0.2, -0.15) is 0 Å². The number of benzene rings is 1. The Morgan fingerprint density at radius 1 is 1.14 bits per heavy atom. The van der Waals surface area contributed by atoms with Gasteiger partial charge in [-0.3, -0.25) is 4.90 Å². The van der Waals surface area contributed by atoms with E-state index >= 15 is 0 Å². The second-order valence-corrected chi connectivity index (χ2v) is 7.35. The summed E-state index contributed by atoms with van der Waals surface area (Å²) in [7, 11) is 2.24. The lowest BCUT2D eigenvalue weighted by Crippen LogP contribution is -2.35. The van der Waals surface area contributed by atoms with E-state index in [1.807, 2.05) is 6.07 Å². The van der Waals surface area contributed by atoms with Crippen LogP contribution < -0.4 is 5.32 Å². The number of hydrogen-bond acceptors (Lipinski definition) is 2. The van der Waals surface area contributed by atoms with E-state index in [2.05, 4.69) is 29.4 Å². The van der Waals surface area contributed by atoms with E-state index in [1.165, 1.54) is 37.7 Å². The molecule has 0 amide bonds. The molecule has 0 radical (unpaired) electrons. The molecule has 3 rings (SSSR count). The minimum Gasteiger partial charge on any atom is -0.314 e. The Morgan fingerprint density at radius 2 is 1.95 bits per heavy atom. The summed E-state index contributed by atoms with van der Waals surface area (Å²) in [5.74, 6) is 0.648. The van der Waals surface area contributed by atoms with Crippen LogP contribution in [0.1, 0.15) is 43.7 Å². The van der Waals surface area contributed by atoms with Gasteiger partial charge in [0.05, 0.1) is 10.0 Å². The second-order valence-electron chi connectivity index (χ2n) is 6.54. The molecule has 0 bridgehead atoms. The summed E-state index contributed by atoms with van der Waals surface area (Å²) in [5.41, 5.74) is 1.30. The molecule has 0 aromatic heterocycles. The van der Waals surface area contributed by atoms with Crippen molar-refractivity contribution in [3.8, 4) is 0 Å². The second kappa shape index (κ2) is 6.87. The highest BCUT2D eigenvalue weighted by molar-refractivity contribution is 6.42. The van der Waals surface area contributed by atoms with Crippen LogP contribution in [0.3, 0.4) is 0 Å². The standard InChI is InChI=1S/C17H24Cl2N2/c1-21-9-3-2-4-13(11-20-14-6-7-14)17(21)12-5-8-15(18)16(19)10-12/h5,8,10,13-14,17,20H,2-4,6-7,9,11H2,1H3. The Balaban J connectivity index is 1.81. The van der Waals surface area contributed by atoms with E-state index in [0.29, 0.717) is 22.0 Å². The third-order valence-corrected chi connectivity index (χ3v) is 5.53. The van der Waals surface area contributed by atoms with Crippen molar-refractivity contribution in [1.82, 2.24) is 10.2 Å². The van der Waals surface area contributed by atoms with Gasteiger partial charge in [0.2, 0.25) is 0 Å². The first-order chi connectivity index (χ1) is 10.1. The summed E-state index contributed by atoms with van der Waals surface area (Å²) in [6.45, 7) is 2.27. The molecule has 2 atom stereocenters. The highest BCUT2D eigenvalue weighted by atomic mass is 35.5. The Labute approximate surface area is 137 Å². The zero-order valence-electron chi connectivity index (χ0n) is 12.6. The lowest BCUT2D eigenvalue weighted by atomic mass is 9.89. The normalized spacial score (nSPS) is 27.6. The Kier molecular flexibility index (Phi) is 5.11. The quantitative estimate of drug-likeness (QED) is 0.875. The molecule has 1 aliphatic heterocycles. The lowest BCUT2D eigenvalue weighted by molar-refractivity contribution is 0.189. The minimum absolute atomic E-state index is 0.438. The molecule has 1 aromatic carbocycles.